The van der Waals surface area contributed by atoms with E-state index < -0.39 is 12.1 Å². The lowest BCUT2D eigenvalue weighted by Gasteiger charge is -2.18. The molecule has 366 valence electrons. The molecule has 0 radical (unpaired) electrons. The van der Waals surface area contributed by atoms with Gasteiger partial charge in [-0.05, 0) is 96.3 Å². The second kappa shape index (κ2) is 52.4. The van der Waals surface area contributed by atoms with Crippen molar-refractivity contribution >= 4 is 17.9 Å². The van der Waals surface area contributed by atoms with Crippen LogP contribution in [0.15, 0.2) is 122 Å². The Labute approximate surface area is 399 Å². The summed E-state index contributed by atoms with van der Waals surface area (Å²) in [6, 6.07) is 0. The predicted molar refractivity (Wildman–Crippen MR) is 279 cm³/mol. The number of carbonyl (C=O) groups excluding carboxylic acids is 3. The third-order valence-corrected chi connectivity index (χ3v) is 10.5. The third-order valence-electron chi connectivity index (χ3n) is 10.5. The zero-order valence-electron chi connectivity index (χ0n) is 41.7. The predicted octanol–water partition coefficient (Wildman–Crippen LogP) is 17.3. The van der Waals surface area contributed by atoms with Gasteiger partial charge in [0.1, 0.15) is 13.2 Å². The summed E-state index contributed by atoms with van der Waals surface area (Å²) in [6.45, 7) is 6.36. The van der Waals surface area contributed by atoms with Crippen LogP contribution in [0.2, 0.25) is 0 Å². The van der Waals surface area contributed by atoms with Gasteiger partial charge in [0, 0.05) is 19.3 Å². The van der Waals surface area contributed by atoms with Crippen molar-refractivity contribution in [2.75, 3.05) is 13.2 Å². The van der Waals surface area contributed by atoms with Gasteiger partial charge in [-0.25, -0.2) is 0 Å². The molecule has 0 fully saturated rings. The lowest BCUT2D eigenvalue weighted by Crippen LogP contribution is -2.30. The van der Waals surface area contributed by atoms with Gasteiger partial charge in [0.15, 0.2) is 6.10 Å². The second-order valence-electron chi connectivity index (χ2n) is 16.7. The Morgan fingerprint density at radius 1 is 0.323 bits per heavy atom. The van der Waals surface area contributed by atoms with Crippen LogP contribution in [-0.4, -0.2) is 37.2 Å². The van der Waals surface area contributed by atoms with Crippen LogP contribution in [0, 0.1) is 0 Å². The van der Waals surface area contributed by atoms with Crippen LogP contribution in [0.1, 0.15) is 213 Å². The van der Waals surface area contributed by atoms with Crippen LogP contribution in [0.4, 0.5) is 0 Å². The first-order chi connectivity index (χ1) is 32.0. The van der Waals surface area contributed by atoms with Gasteiger partial charge in [0.25, 0.3) is 0 Å². The van der Waals surface area contributed by atoms with Crippen molar-refractivity contribution in [3.05, 3.63) is 122 Å². The molecule has 0 aliphatic heterocycles. The summed E-state index contributed by atoms with van der Waals surface area (Å²) in [5.74, 6) is -1.08. The zero-order chi connectivity index (χ0) is 47.2. The van der Waals surface area contributed by atoms with Crippen LogP contribution >= 0.6 is 0 Å². The Kier molecular flexibility index (Phi) is 49.1. The Morgan fingerprint density at radius 2 is 0.646 bits per heavy atom. The van der Waals surface area contributed by atoms with E-state index in [4.69, 9.17) is 14.2 Å². The van der Waals surface area contributed by atoms with Crippen molar-refractivity contribution in [2.45, 2.75) is 219 Å². The maximum atomic E-state index is 12.8. The Morgan fingerprint density at radius 3 is 1.06 bits per heavy atom. The molecule has 0 aromatic rings. The summed E-state index contributed by atoms with van der Waals surface area (Å²) in [5.41, 5.74) is 0. The maximum absolute atomic E-state index is 12.8. The van der Waals surface area contributed by atoms with Crippen LogP contribution in [0.5, 0.6) is 0 Å². The minimum absolute atomic E-state index is 0.127. The SMILES string of the molecule is CC/C=C\C/C=C\C/C=C\C/C=C\C/C=C\CCCC(=O)OC[C@H](COC(=O)CCCCCCCCCCCCC)OC(=O)CC/C=C\C/C=C\C/C=C\C/C=C\C/C=C\CCCCC. The number of unbranched alkanes of at least 4 members (excludes halogenated alkanes) is 14. The normalized spacial score (nSPS) is 13.1. The van der Waals surface area contributed by atoms with E-state index in [9.17, 15) is 14.4 Å². The zero-order valence-corrected chi connectivity index (χ0v) is 41.7. The molecule has 0 aromatic carbocycles. The Balaban J connectivity index is 4.60. The number of ether oxygens (including phenoxy) is 3. The highest BCUT2D eigenvalue weighted by molar-refractivity contribution is 5.71. The van der Waals surface area contributed by atoms with Crippen LogP contribution in [0.25, 0.3) is 0 Å². The highest BCUT2D eigenvalue weighted by atomic mass is 16.6. The Hall–Kier alpha value is -4.19. The fourth-order valence-electron chi connectivity index (χ4n) is 6.58. The molecule has 0 rings (SSSR count). The van der Waals surface area contributed by atoms with Crippen molar-refractivity contribution < 1.29 is 28.6 Å². The van der Waals surface area contributed by atoms with E-state index in [0.29, 0.717) is 19.3 Å². The number of allylic oxidation sites excluding steroid dienone is 20. The topological polar surface area (TPSA) is 78.9 Å². The minimum Gasteiger partial charge on any atom is -0.462 e. The van der Waals surface area contributed by atoms with Crippen molar-refractivity contribution in [1.82, 2.24) is 0 Å². The molecule has 65 heavy (non-hydrogen) atoms. The summed E-state index contributed by atoms with van der Waals surface area (Å²) in [4.78, 5) is 37.9. The van der Waals surface area contributed by atoms with Gasteiger partial charge in [-0.2, -0.15) is 0 Å². The second-order valence-corrected chi connectivity index (χ2v) is 16.7. The molecule has 0 saturated heterocycles. The summed E-state index contributed by atoms with van der Waals surface area (Å²) in [5, 5.41) is 0. The van der Waals surface area contributed by atoms with E-state index in [2.05, 4.69) is 130 Å². The van der Waals surface area contributed by atoms with E-state index in [1.807, 2.05) is 12.2 Å². The van der Waals surface area contributed by atoms with Crippen molar-refractivity contribution in [1.29, 1.82) is 0 Å². The smallest absolute Gasteiger partial charge is 0.306 e. The molecule has 0 aliphatic rings. The molecule has 6 nitrogen and oxygen atoms in total. The van der Waals surface area contributed by atoms with Gasteiger partial charge in [0.05, 0.1) is 0 Å². The molecule has 0 bridgehead atoms. The molecule has 1 atom stereocenters. The van der Waals surface area contributed by atoms with E-state index in [-0.39, 0.29) is 38.0 Å². The standard InChI is InChI=1S/C59H94O6/c1-4-7-10-13-16-19-22-24-26-28-29-31-33-35-38-41-44-47-50-53-59(62)65-56(54-63-57(60)51-48-45-42-39-36-21-18-15-12-9-6-3)55-64-58(61)52-49-46-43-40-37-34-32-30-27-25-23-20-17-14-11-8-5-2/h8,11,16-17,19-20,24-27,29,31-32,34-35,38,40,43-44,47,56H,4-7,9-10,12-15,18,21-23,28,30,33,36-37,39,41-42,45-46,48-55H2,1-3H3/b11-8-,19-16-,20-17-,26-24-,27-25-,31-29-,34-32-,38-35-,43-40-,47-44-/t56-/m0/s1. The average Bonchev–Trinajstić information content (AvgIpc) is 3.30. The van der Waals surface area contributed by atoms with Crippen molar-refractivity contribution in [3.63, 3.8) is 0 Å². The van der Waals surface area contributed by atoms with Crippen LogP contribution in [-0.2, 0) is 28.6 Å². The highest BCUT2D eigenvalue weighted by Crippen LogP contribution is 2.13. The molecular weight excluding hydrogens is 805 g/mol. The van der Waals surface area contributed by atoms with E-state index >= 15 is 0 Å². The van der Waals surface area contributed by atoms with Gasteiger partial charge in [-0.1, -0.05) is 219 Å². The van der Waals surface area contributed by atoms with E-state index in [0.717, 1.165) is 83.5 Å². The average molecular weight is 899 g/mol. The van der Waals surface area contributed by atoms with Crippen molar-refractivity contribution in [3.8, 4) is 0 Å². The van der Waals surface area contributed by atoms with Gasteiger partial charge >= 0.3 is 17.9 Å². The summed E-state index contributed by atoms with van der Waals surface area (Å²) in [6.07, 6.45) is 72.0. The van der Waals surface area contributed by atoms with Gasteiger partial charge < -0.3 is 14.2 Å². The number of esters is 3. The number of rotatable bonds is 45. The third kappa shape index (κ3) is 50.7. The minimum atomic E-state index is -0.841. The Bertz CT molecular complexity index is 1400. The highest BCUT2D eigenvalue weighted by Gasteiger charge is 2.19. The van der Waals surface area contributed by atoms with E-state index in [1.165, 1.54) is 77.0 Å². The quantitative estimate of drug-likeness (QED) is 0.0262. The molecule has 0 aliphatic carbocycles. The van der Waals surface area contributed by atoms with Gasteiger partial charge in [-0.15, -0.1) is 0 Å². The summed E-state index contributed by atoms with van der Waals surface area (Å²) >= 11 is 0. The number of carbonyl (C=O) groups is 3. The fourth-order valence-corrected chi connectivity index (χ4v) is 6.58. The molecule has 0 amide bonds. The molecule has 0 unspecified atom stereocenters. The lowest BCUT2D eigenvalue weighted by molar-refractivity contribution is -0.166. The maximum Gasteiger partial charge on any atom is 0.306 e. The molecule has 0 N–H and O–H groups in total. The van der Waals surface area contributed by atoms with Gasteiger partial charge in [-0.3, -0.25) is 14.4 Å². The van der Waals surface area contributed by atoms with Crippen molar-refractivity contribution in [2.24, 2.45) is 0 Å². The van der Waals surface area contributed by atoms with E-state index in [1.54, 1.807) is 0 Å². The molecule has 0 heterocycles. The molecule has 0 aromatic heterocycles. The monoisotopic (exact) mass is 899 g/mol. The van der Waals surface area contributed by atoms with Gasteiger partial charge in [0.2, 0.25) is 0 Å². The first-order valence-electron chi connectivity index (χ1n) is 26.0. The van der Waals surface area contributed by atoms with Crippen LogP contribution < -0.4 is 0 Å². The first-order valence-corrected chi connectivity index (χ1v) is 26.0. The lowest BCUT2D eigenvalue weighted by atomic mass is 10.1. The summed E-state index contributed by atoms with van der Waals surface area (Å²) < 4.78 is 16.7. The first kappa shape index (κ1) is 60.8. The molecular formula is C59H94O6. The fraction of sp³-hybridized carbons (Fsp3) is 0.610. The largest absolute Gasteiger partial charge is 0.462 e. The molecule has 0 saturated carbocycles. The number of hydrogen-bond donors (Lipinski definition) is 0. The summed E-state index contributed by atoms with van der Waals surface area (Å²) in [7, 11) is 0. The molecule has 6 heteroatoms. The number of hydrogen-bond acceptors (Lipinski definition) is 6. The van der Waals surface area contributed by atoms with Crippen LogP contribution in [0.3, 0.4) is 0 Å². The molecule has 0 spiro atoms.